The summed E-state index contributed by atoms with van der Waals surface area (Å²) in [4.78, 5) is 2.18. The summed E-state index contributed by atoms with van der Waals surface area (Å²) < 4.78 is 14.1. The lowest BCUT2D eigenvalue weighted by Crippen LogP contribution is -2.27. The molecule has 1 fully saturated rings. The maximum absolute atomic E-state index is 14.1. The molecule has 0 aromatic heterocycles. The molecule has 2 atom stereocenters. The predicted octanol–water partition coefficient (Wildman–Crippen LogP) is 2.78. The summed E-state index contributed by atoms with van der Waals surface area (Å²) in [6, 6.07) is 6.00. The molecule has 0 radical (unpaired) electrons. The molecule has 17 heavy (non-hydrogen) atoms. The Bertz CT molecular complexity index is 392. The van der Waals surface area contributed by atoms with Crippen LogP contribution in [0.15, 0.2) is 18.2 Å². The van der Waals surface area contributed by atoms with Gasteiger partial charge in [-0.15, -0.1) is 0 Å². The zero-order chi connectivity index (χ0) is 12.4. The Morgan fingerprint density at radius 3 is 2.71 bits per heavy atom. The van der Waals surface area contributed by atoms with Crippen molar-refractivity contribution in [2.24, 2.45) is 5.92 Å². The standard InChI is InChI=1S/C14H21FN2/c1-10-6-11(2)17(9-10)14-5-4-12(8-16-3)7-13(14)15/h4-5,7,10-11,16H,6,8-9H2,1-3H3. The Morgan fingerprint density at radius 2 is 2.18 bits per heavy atom. The van der Waals surface area contributed by atoms with Crippen molar-refractivity contribution in [2.45, 2.75) is 32.9 Å². The molecule has 2 unspecified atom stereocenters. The van der Waals surface area contributed by atoms with E-state index in [1.54, 1.807) is 6.07 Å². The maximum Gasteiger partial charge on any atom is 0.146 e. The highest BCUT2D eigenvalue weighted by Gasteiger charge is 2.27. The van der Waals surface area contributed by atoms with Gasteiger partial charge in [0, 0.05) is 19.1 Å². The molecular weight excluding hydrogens is 215 g/mol. The molecule has 2 rings (SSSR count). The van der Waals surface area contributed by atoms with E-state index in [4.69, 9.17) is 0 Å². The van der Waals surface area contributed by atoms with Gasteiger partial charge in [-0.25, -0.2) is 4.39 Å². The van der Waals surface area contributed by atoms with E-state index in [-0.39, 0.29) is 5.82 Å². The number of rotatable bonds is 3. The number of hydrogen-bond acceptors (Lipinski definition) is 2. The third kappa shape index (κ3) is 2.60. The zero-order valence-electron chi connectivity index (χ0n) is 10.8. The Morgan fingerprint density at radius 1 is 1.41 bits per heavy atom. The van der Waals surface area contributed by atoms with Crippen LogP contribution in [-0.4, -0.2) is 19.6 Å². The highest BCUT2D eigenvalue weighted by atomic mass is 19.1. The monoisotopic (exact) mass is 236 g/mol. The second kappa shape index (κ2) is 5.05. The summed E-state index contributed by atoms with van der Waals surface area (Å²) in [5.41, 5.74) is 1.75. The quantitative estimate of drug-likeness (QED) is 0.868. The van der Waals surface area contributed by atoms with Crippen molar-refractivity contribution in [3.05, 3.63) is 29.6 Å². The van der Waals surface area contributed by atoms with Crippen LogP contribution in [0.4, 0.5) is 10.1 Å². The highest BCUT2D eigenvalue weighted by molar-refractivity contribution is 5.51. The third-order valence-corrected chi connectivity index (χ3v) is 3.49. The van der Waals surface area contributed by atoms with Gasteiger partial charge in [0.05, 0.1) is 5.69 Å². The van der Waals surface area contributed by atoms with E-state index in [2.05, 4.69) is 24.1 Å². The molecule has 0 amide bonds. The van der Waals surface area contributed by atoms with Gasteiger partial charge in [0.15, 0.2) is 0 Å². The second-order valence-electron chi connectivity index (χ2n) is 5.16. The topological polar surface area (TPSA) is 15.3 Å². The molecule has 0 spiro atoms. The molecule has 1 aliphatic heterocycles. The van der Waals surface area contributed by atoms with Gasteiger partial charge in [-0.05, 0) is 44.0 Å². The lowest BCUT2D eigenvalue weighted by molar-refractivity contribution is 0.609. The van der Waals surface area contributed by atoms with Crippen molar-refractivity contribution in [1.82, 2.24) is 5.32 Å². The minimum atomic E-state index is -0.0984. The molecule has 0 saturated carbocycles. The summed E-state index contributed by atoms with van der Waals surface area (Å²) in [6.45, 7) is 6.07. The summed E-state index contributed by atoms with van der Waals surface area (Å²) >= 11 is 0. The van der Waals surface area contributed by atoms with E-state index in [1.165, 1.54) is 0 Å². The van der Waals surface area contributed by atoms with E-state index >= 15 is 0 Å². The Labute approximate surface area is 103 Å². The van der Waals surface area contributed by atoms with Crippen LogP contribution in [0.2, 0.25) is 0 Å². The summed E-state index contributed by atoms with van der Waals surface area (Å²) in [6.07, 6.45) is 1.15. The van der Waals surface area contributed by atoms with Crippen LogP contribution in [0.1, 0.15) is 25.8 Å². The van der Waals surface area contributed by atoms with Crippen LogP contribution < -0.4 is 10.2 Å². The molecule has 3 heteroatoms. The number of benzene rings is 1. The normalized spacial score (nSPS) is 24.4. The summed E-state index contributed by atoms with van der Waals surface area (Å²) in [5, 5.41) is 3.04. The molecule has 1 N–H and O–H groups in total. The molecule has 94 valence electrons. The van der Waals surface area contributed by atoms with Gasteiger partial charge in [0.2, 0.25) is 0 Å². The average Bonchev–Trinajstić information content (AvgIpc) is 2.58. The molecule has 0 bridgehead atoms. The smallest absolute Gasteiger partial charge is 0.146 e. The van der Waals surface area contributed by atoms with Gasteiger partial charge in [-0.1, -0.05) is 13.0 Å². The van der Waals surface area contributed by atoms with E-state index in [0.717, 1.165) is 24.2 Å². The van der Waals surface area contributed by atoms with Crippen LogP contribution in [0, 0.1) is 11.7 Å². The number of nitrogens with one attached hydrogen (secondary N) is 1. The Kier molecular flexibility index (Phi) is 3.67. The molecule has 1 saturated heterocycles. The summed E-state index contributed by atoms with van der Waals surface area (Å²) in [5.74, 6) is 0.556. The predicted molar refractivity (Wildman–Crippen MR) is 69.8 cm³/mol. The fourth-order valence-electron chi connectivity index (χ4n) is 2.73. The molecule has 1 heterocycles. The minimum absolute atomic E-state index is 0.0984. The number of nitrogens with zero attached hydrogens (tertiary/aromatic N) is 1. The van der Waals surface area contributed by atoms with Crippen LogP contribution in [-0.2, 0) is 6.54 Å². The first kappa shape index (κ1) is 12.4. The molecule has 0 aliphatic carbocycles. The van der Waals surface area contributed by atoms with Crippen molar-refractivity contribution >= 4 is 5.69 Å². The minimum Gasteiger partial charge on any atom is -0.366 e. The molecule has 1 aromatic carbocycles. The van der Waals surface area contributed by atoms with Crippen molar-refractivity contribution in [3.8, 4) is 0 Å². The molecule has 1 aliphatic rings. The lowest BCUT2D eigenvalue weighted by atomic mass is 10.1. The van der Waals surface area contributed by atoms with E-state index < -0.39 is 0 Å². The molecule has 2 nitrogen and oxygen atoms in total. The lowest BCUT2D eigenvalue weighted by Gasteiger charge is -2.24. The maximum atomic E-state index is 14.1. The van der Waals surface area contributed by atoms with E-state index in [1.807, 2.05) is 19.2 Å². The SMILES string of the molecule is CNCc1ccc(N2CC(C)CC2C)c(F)c1. The third-order valence-electron chi connectivity index (χ3n) is 3.49. The van der Waals surface area contributed by atoms with Crippen molar-refractivity contribution < 1.29 is 4.39 Å². The first-order valence-corrected chi connectivity index (χ1v) is 6.31. The first-order valence-electron chi connectivity index (χ1n) is 6.31. The van der Waals surface area contributed by atoms with Crippen LogP contribution in [0.25, 0.3) is 0 Å². The first-order chi connectivity index (χ1) is 8.11. The molecular formula is C14H21FN2. The van der Waals surface area contributed by atoms with Crippen LogP contribution >= 0.6 is 0 Å². The van der Waals surface area contributed by atoms with Gasteiger partial charge in [0.1, 0.15) is 5.82 Å². The van der Waals surface area contributed by atoms with Crippen molar-refractivity contribution in [2.75, 3.05) is 18.5 Å². The second-order valence-corrected chi connectivity index (χ2v) is 5.16. The van der Waals surface area contributed by atoms with Gasteiger partial charge in [-0.2, -0.15) is 0 Å². The highest BCUT2D eigenvalue weighted by Crippen LogP contribution is 2.30. The van der Waals surface area contributed by atoms with Crippen molar-refractivity contribution in [1.29, 1.82) is 0 Å². The van der Waals surface area contributed by atoms with E-state index in [0.29, 0.717) is 18.5 Å². The Hall–Kier alpha value is -1.09. The van der Waals surface area contributed by atoms with Gasteiger partial charge in [0.25, 0.3) is 0 Å². The van der Waals surface area contributed by atoms with Gasteiger partial charge < -0.3 is 10.2 Å². The average molecular weight is 236 g/mol. The van der Waals surface area contributed by atoms with Gasteiger partial charge >= 0.3 is 0 Å². The fraction of sp³-hybridized carbons (Fsp3) is 0.571. The zero-order valence-corrected chi connectivity index (χ0v) is 10.8. The number of halogens is 1. The van der Waals surface area contributed by atoms with Gasteiger partial charge in [-0.3, -0.25) is 0 Å². The number of hydrogen-bond donors (Lipinski definition) is 1. The summed E-state index contributed by atoms with van der Waals surface area (Å²) in [7, 11) is 1.87. The van der Waals surface area contributed by atoms with E-state index in [9.17, 15) is 4.39 Å². The van der Waals surface area contributed by atoms with Crippen LogP contribution in [0.5, 0.6) is 0 Å². The fourth-order valence-corrected chi connectivity index (χ4v) is 2.73. The molecule has 1 aromatic rings. The van der Waals surface area contributed by atoms with Crippen LogP contribution in [0.3, 0.4) is 0 Å². The Balaban J connectivity index is 2.21. The largest absolute Gasteiger partial charge is 0.366 e. The van der Waals surface area contributed by atoms with Crippen molar-refractivity contribution in [3.63, 3.8) is 0 Å². The number of anilines is 1.